The van der Waals surface area contributed by atoms with Crippen LogP contribution in [0.4, 0.5) is 0 Å². The zero-order valence-corrected chi connectivity index (χ0v) is 19.7. The molecule has 2 aromatic rings. The van der Waals surface area contributed by atoms with Gasteiger partial charge in [0.1, 0.15) is 0 Å². The molecule has 0 nitrogen and oxygen atoms in total. The molecule has 0 heterocycles. The molecule has 0 aliphatic rings. The molecule has 0 saturated heterocycles. The third-order valence-electron chi connectivity index (χ3n) is 2.24. The van der Waals surface area contributed by atoms with E-state index >= 15 is 0 Å². The van der Waals surface area contributed by atoms with Crippen LogP contribution >= 0.6 is 0 Å². The molecule has 0 aromatic heterocycles. The maximum atomic E-state index is 2.25. The van der Waals surface area contributed by atoms with Crippen LogP contribution in [0.3, 0.4) is 0 Å². The summed E-state index contributed by atoms with van der Waals surface area (Å²) in [7, 11) is 0.815. The van der Waals surface area contributed by atoms with E-state index in [1.54, 1.807) is 0 Å². The van der Waals surface area contributed by atoms with Crippen LogP contribution in [-0.2, 0) is 26.2 Å². The van der Waals surface area contributed by atoms with Crippen LogP contribution in [0.5, 0.6) is 0 Å². The van der Waals surface area contributed by atoms with E-state index in [0.717, 1.165) is 9.52 Å². The van der Waals surface area contributed by atoms with Crippen molar-refractivity contribution in [1.82, 2.24) is 0 Å². The smallest absolute Gasteiger partial charge is 1.00 e. The van der Waals surface area contributed by atoms with E-state index < -0.39 is 0 Å². The van der Waals surface area contributed by atoms with Gasteiger partial charge in [0.25, 0.3) is 0 Å². The van der Waals surface area contributed by atoms with Crippen molar-refractivity contribution in [2.24, 2.45) is 0 Å². The van der Waals surface area contributed by atoms with Crippen LogP contribution in [0.1, 0.15) is 25.0 Å². The summed E-state index contributed by atoms with van der Waals surface area (Å²) in [6, 6.07) is 19.3. The van der Waals surface area contributed by atoms with E-state index in [4.69, 9.17) is 0 Å². The Bertz CT molecular complexity index is 297. The van der Waals surface area contributed by atoms with Crippen molar-refractivity contribution in [3.63, 3.8) is 0 Å². The Morgan fingerprint density at radius 3 is 1.00 bits per heavy atom. The fraction of sp³-hybridized carbons (Fsp3) is 0.375. The fourth-order valence-corrected chi connectivity index (χ4v) is 1.81. The maximum Gasteiger partial charge on any atom is 4.00 e. The molecular weight excluding hydrogens is 471 g/mol. The summed E-state index contributed by atoms with van der Waals surface area (Å²) in [5.74, 6) is 0. The molecule has 20 heavy (non-hydrogen) atoms. The molecular formula is C16H25Br2SiZr. The minimum absolute atomic E-state index is 0. The molecule has 4 heteroatoms. The summed E-state index contributed by atoms with van der Waals surface area (Å²) in [5, 5.41) is 0. The number of halogens is 2. The zero-order valence-electron chi connectivity index (χ0n) is 12.9. The normalized spacial score (nSPS) is 7.40. The summed E-state index contributed by atoms with van der Waals surface area (Å²) in [6.07, 6.45) is 0. The van der Waals surface area contributed by atoms with Gasteiger partial charge in [-0.25, -0.2) is 24.3 Å². The molecule has 1 radical (unpaired) electrons. The summed E-state index contributed by atoms with van der Waals surface area (Å²) < 4.78 is 0. The monoisotopic (exact) mass is 493 g/mol. The molecule has 0 fully saturated rings. The number of rotatable bonds is 2. The zero-order chi connectivity index (χ0) is 12.9. The average Bonchev–Trinajstić information content (AvgIpc) is 2.95. The summed E-state index contributed by atoms with van der Waals surface area (Å²) >= 11 is 0. The summed E-state index contributed by atoms with van der Waals surface area (Å²) in [5.41, 5.74) is 2.69. The van der Waals surface area contributed by atoms with E-state index in [1.807, 2.05) is 24.3 Å². The van der Waals surface area contributed by atoms with Crippen LogP contribution in [0, 0.1) is 13.8 Å². The first-order chi connectivity index (χ1) is 8.20. The Hall–Kier alpha value is 0.760. The van der Waals surface area contributed by atoms with E-state index in [0.29, 0.717) is 0 Å². The molecule has 0 unspecified atom stereocenters. The van der Waals surface area contributed by atoms with Crippen molar-refractivity contribution in [2.45, 2.75) is 39.8 Å². The first kappa shape index (κ1) is 28.9. The van der Waals surface area contributed by atoms with Crippen LogP contribution in [0.15, 0.2) is 48.5 Å². The predicted molar refractivity (Wildman–Crippen MR) is 81.7 cm³/mol. The summed E-state index contributed by atoms with van der Waals surface area (Å²) in [6.45, 7) is 8.66. The quantitative estimate of drug-likeness (QED) is 0.360. The molecule has 0 aliphatic heterocycles. The topological polar surface area (TPSA) is 0 Å². The van der Waals surface area contributed by atoms with Crippen LogP contribution in [-0.4, -0.2) is 9.52 Å². The van der Waals surface area contributed by atoms with Gasteiger partial charge in [-0.1, -0.05) is 39.8 Å². The maximum absolute atomic E-state index is 2.25. The Labute approximate surface area is 168 Å². The van der Waals surface area contributed by atoms with Crippen LogP contribution < -0.4 is 34.0 Å². The second-order valence-electron chi connectivity index (χ2n) is 4.03. The van der Waals surface area contributed by atoms with Gasteiger partial charge in [-0.05, 0) is 0 Å². The Morgan fingerprint density at radius 1 is 0.700 bits per heavy atom. The first-order valence-electron chi connectivity index (χ1n) is 6.39. The van der Waals surface area contributed by atoms with Gasteiger partial charge >= 0.3 is 26.2 Å². The second-order valence-corrected chi connectivity index (χ2v) is 6.24. The second kappa shape index (κ2) is 22.0. The van der Waals surface area contributed by atoms with Crippen molar-refractivity contribution in [1.29, 1.82) is 0 Å². The summed E-state index contributed by atoms with van der Waals surface area (Å²) in [4.78, 5) is 0. The van der Waals surface area contributed by atoms with Gasteiger partial charge in [0.05, 0.1) is 0 Å². The number of hydrogen-bond acceptors (Lipinski definition) is 0. The van der Waals surface area contributed by atoms with Crippen LogP contribution in [0.2, 0.25) is 12.1 Å². The van der Waals surface area contributed by atoms with Gasteiger partial charge in [-0.2, -0.15) is 35.4 Å². The molecule has 2 rings (SSSR count). The molecule has 111 valence electrons. The number of aryl methyl sites for hydroxylation is 2. The molecule has 0 spiro atoms. The SMILES string of the molecule is CC[SiH]CC.C[c-]1cccc1.C[c-]1cccc1.[Br-].[Br-].[Zr+4]. The van der Waals surface area contributed by atoms with Crippen LogP contribution in [0.25, 0.3) is 0 Å². The van der Waals surface area contributed by atoms with Gasteiger partial charge in [0.2, 0.25) is 0 Å². The molecule has 0 aliphatic carbocycles. The van der Waals surface area contributed by atoms with Crippen molar-refractivity contribution in [2.75, 3.05) is 0 Å². The van der Waals surface area contributed by atoms with Gasteiger partial charge in [-0.15, -0.1) is 0 Å². The molecule has 0 amide bonds. The molecule has 2 aromatic carbocycles. The van der Waals surface area contributed by atoms with E-state index in [-0.39, 0.29) is 60.2 Å². The van der Waals surface area contributed by atoms with Gasteiger partial charge in [-0.3, -0.25) is 0 Å². The van der Waals surface area contributed by atoms with Gasteiger partial charge < -0.3 is 34.0 Å². The van der Waals surface area contributed by atoms with Crippen molar-refractivity contribution < 1.29 is 60.2 Å². The van der Waals surface area contributed by atoms with Gasteiger partial charge in [0.15, 0.2) is 0 Å². The van der Waals surface area contributed by atoms with Crippen molar-refractivity contribution in [3.8, 4) is 0 Å². The minimum Gasteiger partial charge on any atom is -1.00 e. The molecule has 0 N–H and O–H groups in total. The van der Waals surface area contributed by atoms with Gasteiger partial charge in [0, 0.05) is 9.52 Å². The Kier molecular flexibility index (Phi) is 31.8. The predicted octanol–water partition coefficient (Wildman–Crippen LogP) is -1.27. The van der Waals surface area contributed by atoms with Crippen molar-refractivity contribution >= 4 is 9.52 Å². The molecule has 0 saturated carbocycles. The van der Waals surface area contributed by atoms with E-state index in [2.05, 4.69) is 52.0 Å². The van der Waals surface area contributed by atoms with E-state index in [1.165, 1.54) is 23.2 Å². The minimum atomic E-state index is 0. The molecule has 0 bridgehead atoms. The Balaban J connectivity index is -0.0000000899. The van der Waals surface area contributed by atoms with Crippen molar-refractivity contribution in [3.05, 3.63) is 59.7 Å². The fourth-order valence-electron chi connectivity index (χ4n) is 1.23. The average molecular weight is 496 g/mol. The van der Waals surface area contributed by atoms with E-state index in [9.17, 15) is 0 Å². The standard InChI is InChI=1S/2C6H7.C4H11Si.2BrH.Zr/c2*1-6-4-2-3-5-6;1-3-5-4-2;;;/h2*2-5H,1H3;5H,3-4H2,1-2H3;2*1H;/q2*-1;;;;+4/p-2. The third kappa shape index (κ3) is 21.1. The Morgan fingerprint density at radius 2 is 0.950 bits per heavy atom. The largest absolute Gasteiger partial charge is 4.00 e. The number of hydrogen-bond donors (Lipinski definition) is 0. The third-order valence-corrected chi connectivity index (χ3v) is 3.39. The first-order valence-corrected chi connectivity index (χ1v) is 8.02. The molecule has 0 atom stereocenters.